The Morgan fingerprint density at radius 1 is 0.925 bits per heavy atom. The molecule has 0 aliphatic carbocycles. The van der Waals surface area contributed by atoms with E-state index < -0.39 is 6.04 Å². The number of hydrogen-bond donors (Lipinski definition) is 1. The van der Waals surface area contributed by atoms with Gasteiger partial charge in [-0.3, -0.25) is 9.69 Å². The SMILES string of the molecule is COc1ccc(Cn2nnnc2C(c2cc3c(C)ccc(C)c3[nH]c2=O)N2CCN(c3ccccc3)CC2)cc1. The molecule has 1 unspecified atom stereocenters. The Labute approximate surface area is 233 Å². The summed E-state index contributed by atoms with van der Waals surface area (Å²) in [5.74, 6) is 1.45. The first-order chi connectivity index (χ1) is 19.5. The van der Waals surface area contributed by atoms with E-state index in [1.807, 2.05) is 54.1 Å². The van der Waals surface area contributed by atoms with Crippen LogP contribution in [0.5, 0.6) is 5.75 Å². The zero-order valence-corrected chi connectivity index (χ0v) is 23.0. The van der Waals surface area contributed by atoms with Crippen molar-refractivity contribution in [2.75, 3.05) is 38.2 Å². The Morgan fingerprint density at radius 2 is 1.65 bits per heavy atom. The van der Waals surface area contributed by atoms with E-state index in [9.17, 15) is 4.79 Å². The lowest BCUT2D eigenvalue weighted by molar-refractivity contribution is 0.200. The first-order valence-electron chi connectivity index (χ1n) is 13.6. The van der Waals surface area contributed by atoms with Gasteiger partial charge in [-0.15, -0.1) is 5.10 Å². The van der Waals surface area contributed by atoms with Crippen molar-refractivity contribution >= 4 is 16.6 Å². The van der Waals surface area contributed by atoms with Crippen LogP contribution in [0.1, 0.15) is 34.1 Å². The van der Waals surface area contributed by atoms with Crippen LogP contribution >= 0.6 is 0 Å². The van der Waals surface area contributed by atoms with Gasteiger partial charge in [0.2, 0.25) is 0 Å². The van der Waals surface area contributed by atoms with Gasteiger partial charge in [0.25, 0.3) is 5.56 Å². The molecule has 3 aromatic carbocycles. The second kappa shape index (κ2) is 10.9. The number of fused-ring (bicyclic) bond motifs is 1. The Bertz CT molecular complexity index is 1670. The predicted octanol–water partition coefficient (Wildman–Crippen LogP) is 4.10. The molecule has 0 bridgehead atoms. The summed E-state index contributed by atoms with van der Waals surface area (Å²) in [5, 5.41) is 14.0. The van der Waals surface area contributed by atoms with Gasteiger partial charge in [0.1, 0.15) is 11.8 Å². The zero-order valence-electron chi connectivity index (χ0n) is 23.0. The number of H-pyrrole nitrogens is 1. The lowest BCUT2D eigenvalue weighted by Gasteiger charge is -2.39. The Morgan fingerprint density at radius 3 is 2.38 bits per heavy atom. The summed E-state index contributed by atoms with van der Waals surface area (Å²) in [6.45, 7) is 7.78. The van der Waals surface area contributed by atoms with Gasteiger partial charge in [0, 0.05) is 42.8 Å². The molecular weight excluding hydrogens is 502 g/mol. The van der Waals surface area contributed by atoms with Gasteiger partial charge in [-0.05, 0) is 71.3 Å². The van der Waals surface area contributed by atoms with E-state index in [-0.39, 0.29) is 5.56 Å². The number of para-hydroxylation sites is 1. The third-order valence-electron chi connectivity index (χ3n) is 7.86. The molecule has 1 aliphatic rings. The molecule has 1 aliphatic heterocycles. The molecule has 9 nitrogen and oxygen atoms in total. The van der Waals surface area contributed by atoms with Crippen LogP contribution in [0, 0.1) is 13.8 Å². The maximum absolute atomic E-state index is 13.7. The lowest BCUT2D eigenvalue weighted by Crippen LogP contribution is -2.49. The van der Waals surface area contributed by atoms with Crippen LogP contribution in [-0.2, 0) is 6.54 Å². The summed E-state index contributed by atoms with van der Waals surface area (Å²) in [4.78, 5) is 21.6. The summed E-state index contributed by atoms with van der Waals surface area (Å²) >= 11 is 0. The number of hydrogen-bond acceptors (Lipinski definition) is 7. The number of aromatic nitrogens is 5. The van der Waals surface area contributed by atoms with Crippen molar-refractivity contribution in [2.24, 2.45) is 0 Å². The molecule has 1 saturated heterocycles. The number of piperazine rings is 1. The number of methoxy groups -OCH3 is 1. The van der Waals surface area contributed by atoms with Gasteiger partial charge in [-0.2, -0.15) is 0 Å². The highest BCUT2D eigenvalue weighted by atomic mass is 16.5. The number of anilines is 1. The van der Waals surface area contributed by atoms with E-state index in [1.54, 1.807) is 7.11 Å². The number of aromatic amines is 1. The molecule has 0 saturated carbocycles. The average Bonchev–Trinajstić information content (AvgIpc) is 3.44. The number of aryl methyl sites for hydroxylation is 2. The molecule has 9 heteroatoms. The Balaban J connectivity index is 1.40. The molecule has 0 spiro atoms. The van der Waals surface area contributed by atoms with Crippen LogP contribution in [0.4, 0.5) is 5.69 Å². The smallest absolute Gasteiger partial charge is 0.253 e. The van der Waals surface area contributed by atoms with Crippen molar-refractivity contribution in [1.82, 2.24) is 30.1 Å². The quantitative estimate of drug-likeness (QED) is 0.336. The molecule has 1 fully saturated rings. The molecule has 3 heterocycles. The van der Waals surface area contributed by atoms with Crippen LogP contribution < -0.4 is 15.2 Å². The fourth-order valence-corrected chi connectivity index (χ4v) is 5.59. The van der Waals surface area contributed by atoms with Gasteiger partial charge in [-0.25, -0.2) is 4.68 Å². The largest absolute Gasteiger partial charge is 0.497 e. The highest BCUT2D eigenvalue weighted by molar-refractivity contribution is 5.85. The minimum Gasteiger partial charge on any atom is -0.497 e. The zero-order chi connectivity index (χ0) is 27.6. The van der Waals surface area contributed by atoms with Gasteiger partial charge in [0.15, 0.2) is 5.82 Å². The second-order valence-corrected chi connectivity index (χ2v) is 10.3. The van der Waals surface area contributed by atoms with E-state index in [4.69, 9.17) is 4.74 Å². The highest BCUT2D eigenvalue weighted by Crippen LogP contribution is 2.30. The number of nitrogens with one attached hydrogen (secondary N) is 1. The van der Waals surface area contributed by atoms with Crippen LogP contribution in [0.25, 0.3) is 10.9 Å². The van der Waals surface area contributed by atoms with Crippen LogP contribution in [-0.4, -0.2) is 63.4 Å². The number of benzene rings is 3. The average molecular weight is 536 g/mol. The normalized spacial score (nSPS) is 14.9. The minimum absolute atomic E-state index is 0.115. The molecule has 1 atom stereocenters. The number of pyridine rings is 1. The molecule has 6 rings (SSSR count). The molecule has 1 N–H and O–H groups in total. The minimum atomic E-state index is -0.403. The molecule has 0 radical (unpaired) electrons. The molecule has 5 aromatic rings. The lowest BCUT2D eigenvalue weighted by atomic mass is 9.99. The number of tetrazole rings is 1. The third kappa shape index (κ3) is 4.96. The summed E-state index contributed by atoms with van der Waals surface area (Å²) in [5.41, 5.74) is 5.82. The Hall–Kier alpha value is -4.50. The molecule has 40 heavy (non-hydrogen) atoms. The van der Waals surface area contributed by atoms with Crippen molar-refractivity contribution in [3.63, 3.8) is 0 Å². The number of ether oxygens (including phenoxy) is 1. The molecule has 0 amide bonds. The summed E-state index contributed by atoms with van der Waals surface area (Å²) in [6, 6.07) is 24.1. The molecule has 204 valence electrons. The van der Waals surface area contributed by atoms with Crippen molar-refractivity contribution in [2.45, 2.75) is 26.4 Å². The first kappa shape index (κ1) is 25.8. The summed E-state index contributed by atoms with van der Waals surface area (Å²) < 4.78 is 7.12. The molecular formula is C31H33N7O2. The van der Waals surface area contributed by atoms with Crippen LogP contribution in [0.15, 0.2) is 77.6 Å². The number of nitrogens with zero attached hydrogens (tertiary/aromatic N) is 6. The van der Waals surface area contributed by atoms with Gasteiger partial charge in [0.05, 0.1) is 19.2 Å². The van der Waals surface area contributed by atoms with Crippen molar-refractivity contribution in [3.8, 4) is 5.75 Å². The van der Waals surface area contributed by atoms with Crippen LogP contribution in [0.2, 0.25) is 0 Å². The van der Waals surface area contributed by atoms with Crippen LogP contribution in [0.3, 0.4) is 0 Å². The highest BCUT2D eigenvalue weighted by Gasteiger charge is 2.33. The molecule has 2 aromatic heterocycles. The fourth-order valence-electron chi connectivity index (χ4n) is 5.59. The van der Waals surface area contributed by atoms with E-state index >= 15 is 0 Å². The van der Waals surface area contributed by atoms with E-state index in [1.165, 1.54) is 5.69 Å². The van der Waals surface area contributed by atoms with Crippen molar-refractivity contribution in [3.05, 3.63) is 111 Å². The predicted molar refractivity (Wildman–Crippen MR) is 156 cm³/mol. The fraction of sp³-hybridized carbons (Fsp3) is 0.290. The van der Waals surface area contributed by atoms with E-state index in [0.717, 1.165) is 59.5 Å². The van der Waals surface area contributed by atoms with Crippen molar-refractivity contribution < 1.29 is 4.74 Å². The summed E-state index contributed by atoms with van der Waals surface area (Å²) in [7, 11) is 1.65. The van der Waals surface area contributed by atoms with Gasteiger partial charge < -0.3 is 14.6 Å². The standard InChI is InChI=1S/C31H33N7O2/c1-21-9-10-22(2)28-26(21)19-27(31(39)32-28)29(37-17-15-36(16-18-37)24-7-5-4-6-8-24)30-33-34-35-38(30)20-23-11-13-25(40-3)14-12-23/h4-14,19,29H,15-18,20H2,1-3H3,(H,32,39). The monoisotopic (exact) mass is 535 g/mol. The maximum Gasteiger partial charge on any atom is 0.253 e. The third-order valence-corrected chi connectivity index (χ3v) is 7.86. The number of rotatable bonds is 7. The summed E-state index contributed by atoms with van der Waals surface area (Å²) in [6.07, 6.45) is 0. The van der Waals surface area contributed by atoms with E-state index in [0.29, 0.717) is 17.9 Å². The Kier molecular flexibility index (Phi) is 7.04. The van der Waals surface area contributed by atoms with Crippen molar-refractivity contribution in [1.29, 1.82) is 0 Å². The first-order valence-corrected chi connectivity index (χ1v) is 13.6. The second-order valence-electron chi connectivity index (χ2n) is 10.3. The maximum atomic E-state index is 13.7. The topological polar surface area (TPSA) is 92.2 Å². The van der Waals surface area contributed by atoms with E-state index in [2.05, 4.69) is 67.6 Å². The van der Waals surface area contributed by atoms with Gasteiger partial charge in [-0.1, -0.05) is 42.5 Å². The van der Waals surface area contributed by atoms with Gasteiger partial charge >= 0.3 is 0 Å².